The van der Waals surface area contributed by atoms with Crippen LogP contribution in [0.15, 0.2) is 30.5 Å². The second-order valence-corrected chi connectivity index (χ2v) is 4.72. The van der Waals surface area contributed by atoms with Crippen molar-refractivity contribution in [3.05, 3.63) is 41.3 Å². The predicted molar refractivity (Wildman–Crippen MR) is 79.0 cm³/mol. The van der Waals surface area contributed by atoms with Gasteiger partial charge in [-0.2, -0.15) is 10.1 Å². The zero-order valence-corrected chi connectivity index (χ0v) is 12.3. The number of aromatic nitrogens is 4. The number of benzene rings is 1. The number of hydrogen-bond acceptors (Lipinski definition) is 5. The van der Waals surface area contributed by atoms with Crippen LogP contribution in [0.3, 0.4) is 0 Å². The Kier molecular flexibility index (Phi) is 3.62. The molecule has 0 aliphatic rings. The maximum absolute atomic E-state index is 5.85. The standard InChI is InChI=1S/C14H13ClN4O2/c1-20-10-5-3-9(4-6-10)8-19-12-11(7-16-19)17-14(15)18-13(12)21-2/h3-7H,8H2,1-2H3. The lowest BCUT2D eigenvalue weighted by Crippen LogP contribution is -2.04. The van der Waals surface area contributed by atoms with E-state index in [4.69, 9.17) is 21.1 Å². The van der Waals surface area contributed by atoms with Crippen molar-refractivity contribution in [3.63, 3.8) is 0 Å². The monoisotopic (exact) mass is 304 g/mol. The van der Waals surface area contributed by atoms with Crippen molar-refractivity contribution in [3.8, 4) is 11.6 Å². The van der Waals surface area contributed by atoms with Gasteiger partial charge in [0.1, 0.15) is 16.8 Å². The highest BCUT2D eigenvalue weighted by molar-refractivity contribution is 6.28. The third kappa shape index (κ3) is 2.62. The third-order valence-electron chi connectivity index (χ3n) is 3.11. The Hall–Kier alpha value is -2.34. The summed E-state index contributed by atoms with van der Waals surface area (Å²) in [4.78, 5) is 8.22. The Labute approximate surface area is 126 Å². The lowest BCUT2D eigenvalue weighted by Gasteiger charge is -2.07. The lowest BCUT2D eigenvalue weighted by molar-refractivity contribution is 0.399. The Morgan fingerprint density at radius 1 is 1.10 bits per heavy atom. The molecule has 0 spiro atoms. The van der Waals surface area contributed by atoms with E-state index in [1.54, 1.807) is 25.1 Å². The number of fused-ring (bicyclic) bond motifs is 1. The SMILES string of the molecule is COc1ccc(Cn2ncc3nc(Cl)nc(OC)c32)cc1. The molecule has 2 aromatic heterocycles. The van der Waals surface area contributed by atoms with Gasteiger partial charge in [0, 0.05) is 0 Å². The number of hydrogen-bond donors (Lipinski definition) is 0. The zero-order chi connectivity index (χ0) is 14.8. The van der Waals surface area contributed by atoms with E-state index in [0.717, 1.165) is 16.8 Å². The van der Waals surface area contributed by atoms with Gasteiger partial charge >= 0.3 is 0 Å². The molecule has 1 aromatic carbocycles. The van der Waals surface area contributed by atoms with Gasteiger partial charge in [-0.05, 0) is 29.3 Å². The van der Waals surface area contributed by atoms with Crippen molar-refractivity contribution in [1.29, 1.82) is 0 Å². The first kappa shape index (κ1) is 13.6. The Morgan fingerprint density at radius 2 is 1.86 bits per heavy atom. The van der Waals surface area contributed by atoms with E-state index in [2.05, 4.69) is 15.1 Å². The maximum atomic E-state index is 5.85. The van der Waals surface area contributed by atoms with Gasteiger partial charge in [-0.15, -0.1) is 0 Å². The van der Waals surface area contributed by atoms with Crippen LogP contribution in [-0.4, -0.2) is 34.0 Å². The number of halogens is 1. The second-order valence-electron chi connectivity index (χ2n) is 4.39. The average molecular weight is 305 g/mol. The lowest BCUT2D eigenvalue weighted by atomic mass is 10.2. The molecular weight excluding hydrogens is 292 g/mol. The van der Waals surface area contributed by atoms with Gasteiger partial charge in [0.25, 0.3) is 0 Å². The van der Waals surface area contributed by atoms with Gasteiger partial charge in [0.15, 0.2) is 0 Å². The topological polar surface area (TPSA) is 62.1 Å². The van der Waals surface area contributed by atoms with Gasteiger partial charge in [-0.1, -0.05) is 12.1 Å². The smallest absolute Gasteiger partial charge is 0.244 e. The molecule has 0 bridgehead atoms. The maximum Gasteiger partial charge on any atom is 0.244 e. The summed E-state index contributed by atoms with van der Waals surface area (Å²) in [7, 11) is 3.19. The minimum absolute atomic E-state index is 0.142. The van der Waals surface area contributed by atoms with Crippen LogP contribution in [0.25, 0.3) is 11.0 Å². The van der Waals surface area contributed by atoms with Crippen LogP contribution in [-0.2, 0) is 6.54 Å². The molecule has 0 N–H and O–H groups in total. The molecule has 7 heteroatoms. The fourth-order valence-electron chi connectivity index (χ4n) is 2.10. The molecule has 3 aromatic rings. The van der Waals surface area contributed by atoms with E-state index in [1.807, 2.05) is 24.3 Å². The first-order valence-corrected chi connectivity index (χ1v) is 6.65. The van der Waals surface area contributed by atoms with Crippen LogP contribution in [0.4, 0.5) is 0 Å². The Bertz CT molecular complexity index is 770. The second kappa shape index (κ2) is 5.57. The quantitative estimate of drug-likeness (QED) is 0.693. The molecule has 0 fully saturated rings. The largest absolute Gasteiger partial charge is 0.497 e. The van der Waals surface area contributed by atoms with Crippen molar-refractivity contribution < 1.29 is 9.47 Å². The molecule has 0 unspecified atom stereocenters. The predicted octanol–water partition coefficient (Wildman–Crippen LogP) is 2.55. The summed E-state index contributed by atoms with van der Waals surface area (Å²) >= 11 is 5.85. The zero-order valence-electron chi connectivity index (χ0n) is 11.6. The van der Waals surface area contributed by atoms with Gasteiger partial charge < -0.3 is 9.47 Å². The van der Waals surface area contributed by atoms with Gasteiger partial charge in [0.05, 0.1) is 27.0 Å². The molecule has 6 nitrogen and oxygen atoms in total. The van der Waals surface area contributed by atoms with Gasteiger partial charge in [0.2, 0.25) is 11.2 Å². The molecule has 0 aliphatic carbocycles. The number of ether oxygens (including phenoxy) is 2. The highest BCUT2D eigenvalue weighted by atomic mass is 35.5. The summed E-state index contributed by atoms with van der Waals surface area (Å²) < 4.78 is 12.2. The highest BCUT2D eigenvalue weighted by Gasteiger charge is 2.13. The summed E-state index contributed by atoms with van der Waals surface area (Å²) in [5.41, 5.74) is 2.45. The van der Waals surface area contributed by atoms with Crippen LogP contribution in [0.2, 0.25) is 5.28 Å². The molecule has 108 valence electrons. The molecule has 0 aliphatic heterocycles. The van der Waals surface area contributed by atoms with E-state index in [9.17, 15) is 0 Å². The molecule has 0 radical (unpaired) electrons. The minimum atomic E-state index is 0.142. The number of nitrogens with zero attached hydrogens (tertiary/aromatic N) is 4. The van der Waals surface area contributed by atoms with E-state index in [0.29, 0.717) is 17.9 Å². The van der Waals surface area contributed by atoms with Crippen LogP contribution >= 0.6 is 11.6 Å². The molecule has 0 atom stereocenters. The van der Waals surface area contributed by atoms with Gasteiger partial charge in [-0.3, -0.25) is 4.68 Å². The molecule has 0 amide bonds. The van der Waals surface area contributed by atoms with Crippen molar-refractivity contribution in [2.24, 2.45) is 0 Å². The fourth-order valence-corrected chi connectivity index (χ4v) is 2.27. The summed E-state index contributed by atoms with van der Waals surface area (Å²) in [5.74, 6) is 1.23. The molecule has 0 saturated carbocycles. The Balaban J connectivity index is 2.00. The summed E-state index contributed by atoms with van der Waals surface area (Å²) in [5, 5.41) is 4.47. The molecular formula is C14H13ClN4O2. The molecule has 3 rings (SSSR count). The summed E-state index contributed by atoms with van der Waals surface area (Å²) in [6.45, 7) is 0.578. The molecule has 0 saturated heterocycles. The van der Waals surface area contributed by atoms with E-state index < -0.39 is 0 Å². The Morgan fingerprint density at radius 3 is 2.52 bits per heavy atom. The van der Waals surface area contributed by atoms with Crippen LogP contribution < -0.4 is 9.47 Å². The first-order chi connectivity index (χ1) is 10.2. The third-order valence-corrected chi connectivity index (χ3v) is 3.28. The summed E-state index contributed by atoms with van der Waals surface area (Å²) in [6.07, 6.45) is 1.65. The van der Waals surface area contributed by atoms with Crippen LogP contribution in [0.5, 0.6) is 11.6 Å². The fraction of sp³-hybridized carbons (Fsp3) is 0.214. The minimum Gasteiger partial charge on any atom is -0.497 e. The van der Waals surface area contributed by atoms with Crippen molar-refractivity contribution in [1.82, 2.24) is 19.7 Å². The normalized spacial score (nSPS) is 10.8. The van der Waals surface area contributed by atoms with E-state index in [1.165, 1.54) is 0 Å². The summed E-state index contributed by atoms with van der Waals surface area (Å²) in [6, 6.07) is 7.78. The van der Waals surface area contributed by atoms with Gasteiger partial charge in [-0.25, -0.2) is 4.98 Å². The average Bonchev–Trinajstić information content (AvgIpc) is 2.90. The first-order valence-electron chi connectivity index (χ1n) is 6.27. The van der Waals surface area contributed by atoms with E-state index >= 15 is 0 Å². The molecule has 2 heterocycles. The van der Waals surface area contributed by atoms with Crippen LogP contribution in [0.1, 0.15) is 5.56 Å². The van der Waals surface area contributed by atoms with Crippen molar-refractivity contribution in [2.45, 2.75) is 6.54 Å². The molecule has 21 heavy (non-hydrogen) atoms. The number of methoxy groups -OCH3 is 2. The highest BCUT2D eigenvalue weighted by Crippen LogP contribution is 2.24. The van der Waals surface area contributed by atoms with E-state index in [-0.39, 0.29) is 5.28 Å². The van der Waals surface area contributed by atoms with Crippen molar-refractivity contribution in [2.75, 3.05) is 14.2 Å². The number of rotatable bonds is 4. The van der Waals surface area contributed by atoms with Crippen LogP contribution in [0, 0.1) is 0 Å². The van der Waals surface area contributed by atoms with Crippen molar-refractivity contribution >= 4 is 22.6 Å².